The lowest BCUT2D eigenvalue weighted by Gasteiger charge is -2.23. The Kier molecular flexibility index (Phi) is 5.43. The summed E-state index contributed by atoms with van der Waals surface area (Å²) in [6.45, 7) is 4.70. The topological polar surface area (TPSA) is 71.3 Å². The molecule has 6 nitrogen and oxygen atoms in total. The van der Waals surface area contributed by atoms with Crippen LogP contribution in [-0.4, -0.2) is 28.0 Å². The fourth-order valence-corrected chi connectivity index (χ4v) is 2.73. The Morgan fingerprint density at radius 3 is 2.85 bits per heavy atom. The van der Waals surface area contributed by atoms with Crippen LogP contribution in [0.15, 0.2) is 59.6 Å². The summed E-state index contributed by atoms with van der Waals surface area (Å²) in [5.74, 6) is -0.147. The standard InChI is InChI=1S/C20H22N4O2/c1-14-9-18(12-21-11-14)22-20(25)17-6-4-5-16(10-17)13-24(3)15(2)19-7-8-26-23-19/h4-12,15H,13H2,1-3H3,(H,22,25)/t15-/m0/s1. The molecule has 0 radical (unpaired) electrons. The first-order valence-electron chi connectivity index (χ1n) is 8.45. The number of carbonyl (C=O) groups excluding carboxylic acids is 1. The molecule has 1 atom stereocenters. The zero-order valence-electron chi connectivity index (χ0n) is 15.1. The molecule has 2 heterocycles. The Bertz CT molecular complexity index is 877. The van der Waals surface area contributed by atoms with Gasteiger partial charge in [-0.25, -0.2) is 0 Å². The number of nitrogens with zero attached hydrogens (tertiary/aromatic N) is 3. The zero-order chi connectivity index (χ0) is 18.5. The van der Waals surface area contributed by atoms with Crippen molar-refractivity contribution in [2.45, 2.75) is 26.4 Å². The molecule has 0 spiro atoms. The average molecular weight is 350 g/mol. The van der Waals surface area contributed by atoms with Crippen LogP contribution in [0.2, 0.25) is 0 Å². The summed E-state index contributed by atoms with van der Waals surface area (Å²) in [4.78, 5) is 18.8. The molecule has 134 valence electrons. The molecule has 0 bridgehead atoms. The number of benzene rings is 1. The van der Waals surface area contributed by atoms with Gasteiger partial charge in [0.15, 0.2) is 0 Å². The van der Waals surface area contributed by atoms with Crippen molar-refractivity contribution in [1.82, 2.24) is 15.0 Å². The molecule has 0 fully saturated rings. The van der Waals surface area contributed by atoms with Gasteiger partial charge in [-0.05, 0) is 50.2 Å². The summed E-state index contributed by atoms with van der Waals surface area (Å²) >= 11 is 0. The normalized spacial score (nSPS) is 12.2. The van der Waals surface area contributed by atoms with E-state index in [9.17, 15) is 4.79 Å². The number of anilines is 1. The maximum atomic E-state index is 12.5. The summed E-state index contributed by atoms with van der Waals surface area (Å²) < 4.78 is 4.92. The first-order valence-corrected chi connectivity index (χ1v) is 8.45. The van der Waals surface area contributed by atoms with Gasteiger partial charge in [0.1, 0.15) is 12.0 Å². The van der Waals surface area contributed by atoms with Gasteiger partial charge in [-0.1, -0.05) is 17.3 Å². The van der Waals surface area contributed by atoms with Gasteiger partial charge < -0.3 is 9.84 Å². The van der Waals surface area contributed by atoms with E-state index in [1.54, 1.807) is 18.7 Å². The second-order valence-electron chi connectivity index (χ2n) is 6.42. The molecule has 2 aromatic heterocycles. The van der Waals surface area contributed by atoms with E-state index in [-0.39, 0.29) is 11.9 Å². The highest BCUT2D eigenvalue weighted by molar-refractivity contribution is 6.04. The van der Waals surface area contributed by atoms with Crippen LogP contribution in [0.1, 0.15) is 40.1 Å². The first kappa shape index (κ1) is 17.8. The Morgan fingerprint density at radius 2 is 2.12 bits per heavy atom. The Balaban J connectivity index is 1.68. The largest absolute Gasteiger partial charge is 0.364 e. The number of carbonyl (C=O) groups is 1. The monoisotopic (exact) mass is 350 g/mol. The molecule has 6 heteroatoms. The fraction of sp³-hybridized carbons (Fsp3) is 0.250. The number of pyridine rings is 1. The van der Waals surface area contributed by atoms with Crippen molar-refractivity contribution in [2.75, 3.05) is 12.4 Å². The van der Waals surface area contributed by atoms with Gasteiger partial charge in [0, 0.05) is 24.4 Å². The summed E-state index contributed by atoms with van der Waals surface area (Å²) in [5, 5.41) is 6.88. The average Bonchev–Trinajstić information content (AvgIpc) is 3.16. The van der Waals surface area contributed by atoms with Crippen LogP contribution >= 0.6 is 0 Å². The number of amides is 1. The van der Waals surface area contributed by atoms with Gasteiger partial charge >= 0.3 is 0 Å². The van der Waals surface area contributed by atoms with Crippen molar-refractivity contribution in [2.24, 2.45) is 0 Å². The molecule has 26 heavy (non-hydrogen) atoms. The van der Waals surface area contributed by atoms with E-state index in [1.165, 1.54) is 0 Å². The van der Waals surface area contributed by atoms with Gasteiger partial charge in [0.25, 0.3) is 5.91 Å². The fourth-order valence-electron chi connectivity index (χ4n) is 2.73. The maximum Gasteiger partial charge on any atom is 0.255 e. The SMILES string of the molecule is Cc1cncc(NC(=O)c2cccc(CN(C)[C@@H](C)c3ccon3)c2)c1. The molecular formula is C20H22N4O2. The van der Waals surface area contributed by atoms with Crippen molar-refractivity contribution in [1.29, 1.82) is 0 Å². The van der Waals surface area contributed by atoms with Crippen molar-refractivity contribution in [3.63, 3.8) is 0 Å². The Morgan fingerprint density at radius 1 is 1.27 bits per heavy atom. The van der Waals surface area contributed by atoms with Gasteiger partial charge in [0.2, 0.25) is 0 Å². The second-order valence-corrected chi connectivity index (χ2v) is 6.42. The van der Waals surface area contributed by atoms with Crippen LogP contribution in [0.4, 0.5) is 5.69 Å². The number of aromatic nitrogens is 2. The van der Waals surface area contributed by atoms with Crippen molar-refractivity contribution >= 4 is 11.6 Å². The van der Waals surface area contributed by atoms with Gasteiger partial charge in [-0.2, -0.15) is 0 Å². The summed E-state index contributed by atoms with van der Waals surface area (Å²) in [7, 11) is 2.02. The van der Waals surface area contributed by atoms with Crippen LogP contribution in [0.25, 0.3) is 0 Å². The van der Waals surface area contributed by atoms with Crippen LogP contribution in [0, 0.1) is 6.92 Å². The van der Waals surface area contributed by atoms with Crippen molar-refractivity contribution in [3.8, 4) is 0 Å². The molecule has 0 unspecified atom stereocenters. The van der Waals surface area contributed by atoms with Crippen LogP contribution in [-0.2, 0) is 6.54 Å². The lowest BCUT2D eigenvalue weighted by molar-refractivity contribution is 0.102. The molecule has 1 aromatic carbocycles. The lowest BCUT2D eigenvalue weighted by atomic mass is 10.1. The molecule has 0 aliphatic heterocycles. The van der Waals surface area contributed by atoms with Gasteiger partial charge in [-0.3, -0.25) is 14.7 Å². The highest BCUT2D eigenvalue weighted by Gasteiger charge is 2.15. The summed E-state index contributed by atoms with van der Waals surface area (Å²) in [5.41, 5.74) is 4.25. The number of rotatable bonds is 6. The van der Waals surface area contributed by atoms with E-state index < -0.39 is 0 Å². The first-order chi connectivity index (χ1) is 12.5. The predicted octanol–water partition coefficient (Wildman–Crippen LogP) is 3.82. The van der Waals surface area contributed by atoms with E-state index in [0.29, 0.717) is 17.8 Å². The third-order valence-electron chi connectivity index (χ3n) is 4.30. The highest BCUT2D eigenvalue weighted by Crippen LogP contribution is 2.19. The maximum absolute atomic E-state index is 12.5. The summed E-state index contributed by atoms with van der Waals surface area (Å²) in [6.07, 6.45) is 4.97. The Hall–Kier alpha value is -2.99. The third kappa shape index (κ3) is 4.34. The quantitative estimate of drug-likeness (QED) is 0.732. The zero-order valence-corrected chi connectivity index (χ0v) is 15.1. The van der Waals surface area contributed by atoms with Crippen LogP contribution in [0.3, 0.4) is 0 Å². The molecule has 1 amide bonds. The summed E-state index contributed by atoms with van der Waals surface area (Å²) in [6, 6.07) is 11.5. The molecular weight excluding hydrogens is 328 g/mol. The Labute approximate surface area is 152 Å². The molecule has 3 rings (SSSR count). The van der Waals surface area contributed by atoms with E-state index in [0.717, 1.165) is 16.8 Å². The molecule has 0 saturated carbocycles. The minimum absolute atomic E-state index is 0.115. The number of hydrogen-bond acceptors (Lipinski definition) is 5. The van der Waals surface area contributed by atoms with Gasteiger partial charge in [-0.15, -0.1) is 0 Å². The van der Waals surface area contributed by atoms with E-state index in [2.05, 4.69) is 27.3 Å². The third-order valence-corrected chi connectivity index (χ3v) is 4.30. The van der Waals surface area contributed by atoms with E-state index in [1.807, 2.05) is 50.4 Å². The van der Waals surface area contributed by atoms with Crippen LogP contribution in [0.5, 0.6) is 0 Å². The molecule has 3 aromatic rings. The van der Waals surface area contributed by atoms with Gasteiger partial charge in [0.05, 0.1) is 17.9 Å². The minimum Gasteiger partial charge on any atom is -0.364 e. The lowest BCUT2D eigenvalue weighted by Crippen LogP contribution is -2.22. The molecule has 0 saturated heterocycles. The van der Waals surface area contributed by atoms with Crippen LogP contribution < -0.4 is 5.32 Å². The number of hydrogen-bond donors (Lipinski definition) is 1. The van der Waals surface area contributed by atoms with E-state index >= 15 is 0 Å². The minimum atomic E-state index is -0.147. The van der Waals surface area contributed by atoms with Crippen molar-refractivity contribution in [3.05, 3.63) is 77.4 Å². The number of aryl methyl sites for hydroxylation is 1. The predicted molar refractivity (Wildman–Crippen MR) is 99.8 cm³/mol. The number of nitrogens with one attached hydrogen (secondary N) is 1. The molecule has 1 N–H and O–H groups in total. The molecule has 0 aliphatic rings. The second kappa shape index (κ2) is 7.93. The molecule has 0 aliphatic carbocycles. The highest BCUT2D eigenvalue weighted by atomic mass is 16.5. The van der Waals surface area contributed by atoms with Crippen molar-refractivity contribution < 1.29 is 9.32 Å². The smallest absolute Gasteiger partial charge is 0.255 e. The van der Waals surface area contributed by atoms with E-state index in [4.69, 9.17) is 4.52 Å².